The van der Waals surface area contributed by atoms with Gasteiger partial charge in [-0.2, -0.15) is 0 Å². The van der Waals surface area contributed by atoms with Crippen molar-refractivity contribution in [1.82, 2.24) is 24.8 Å². The van der Waals surface area contributed by atoms with E-state index in [1.54, 1.807) is 6.33 Å². The summed E-state index contributed by atoms with van der Waals surface area (Å²) in [5, 5.41) is 13.5. The number of aliphatic hydroxyl groups is 1. The van der Waals surface area contributed by atoms with E-state index in [1.165, 1.54) is 6.33 Å². The molecule has 0 aliphatic carbocycles. The monoisotopic (exact) mass is 276 g/mol. The van der Waals surface area contributed by atoms with Crippen molar-refractivity contribution >= 4 is 17.0 Å². The lowest BCUT2D eigenvalue weighted by atomic mass is 9.90. The summed E-state index contributed by atoms with van der Waals surface area (Å²) in [6.45, 7) is 1.29. The van der Waals surface area contributed by atoms with Crippen LogP contribution in [-0.2, 0) is 11.3 Å². The number of fused-ring (bicyclic) bond motifs is 4. The number of hydrogen-bond donors (Lipinski definition) is 3. The molecule has 0 unspecified atom stereocenters. The van der Waals surface area contributed by atoms with Crippen LogP contribution in [0.2, 0.25) is 0 Å². The van der Waals surface area contributed by atoms with Crippen molar-refractivity contribution in [3.05, 3.63) is 12.7 Å². The average molecular weight is 276 g/mol. The van der Waals surface area contributed by atoms with Gasteiger partial charge < -0.3 is 25.5 Å². The van der Waals surface area contributed by atoms with E-state index in [2.05, 4.69) is 20.3 Å². The quantitative estimate of drug-likeness (QED) is 0.638. The van der Waals surface area contributed by atoms with Crippen LogP contribution in [0.5, 0.6) is 0 Å². The van der Waals surface area contributed by atoms with Crippen LogP contribution in [0.3, 0.4) is 0 Å². The Morgan fingerprint density at radius 3 is 3.15 bits per heavy atom. The number of nitrogens with zero attached hydrogens (tertiary/aromatic N) is 4. The molecule has 5 rings (SSSR count). The Bertz CT molecular complexity index is 644. The molecule has 2 bridgehead atoms. The second kappa shape index (κ2) is 4.37. The zero-order valence-corrected chi connectivity index (χ0v) is 10.8. The van der Waals surface area contributed by atoms with Crippen molar-refractivity contribution in [3.8, 4) is 0 Å². The maximum Gasteiger partial charge on any atom is 0.165 e. The molecule has 0 saturated carbocycles. The number of nitrogens with two attached hydrogens (primary N) is 1. The zero-order chi connectivity index (χ0) is 13.7. The average Bonchev–Trinajstić information content (AvgIpc) is 2.84. The summed E-state index contributed by atoms with van der Waals surface area (Å²) in [7, 11) is 0. The second-order valence-corrected chi connectivity index (χ2v) is 5.40. The van der Waals surface area contributed by atoms with Crippen LogP contribution in [-0.4, -0.2) is 55.5 Å². The number of rotatable bonds is 2. The molecule has 0 aromatic carbocycles. The van der Waals surface area contributed by atoms with Crippen molar-refractivity contribution in [2.24, 2.45) is 0 Å². The fourth-order valence-electron chi connectivity index (χ4n) is 3.13. The normalized spacial score (nSPS) is 32.9. The molecule has 8 nitrogen and oxygen atoms in total. The molecule has 2 aromatic rings. The van der Waals surface area contributed by atoms with Gasteiger partial charge in [0.1, 0.15) is 17.9 Å². The number of nitrogens with one attached hydrogen (secondary N) is 1. The number of imidazole rings is 1. The molecular weight excluding hydrogens is 260 g/mol. The van der Waals surface area contributed by atoms with Crippen LogP contribution in [0.25, 0.3) is 11.2 Å². The molecule has 8 heteroatoms. The summed E-state index contributed by atoms with van der Waals surface area (Å²) in [4.78, 5) is 12.4. The third kappa shape index (κ3) is 1.76. The van der Waals surface area contributed by atoms with E-state index in [1.807, 2.05) is 4.57 Å². The van der Waals surface area contributed by atoms with E-state index in [0.29, 0.717) is 30.1 Å². The van der Waals surface area contributed by atoms with Gasteiger partial charge in [0, 0.05) is 12.6 Å². The van der Waals surface area contributed by atoms with E-state index < -0.39 is 6.10 Å². The lowest BCUT2D eigenvalue weighted by Gasteiger charge is -2.46. The van der Waals surface area contributed by atoms with Gasteiger partial charge in [-0.15, -0.1) is 0 Å². The van der Waals surface area contributed by atoms with Gasteiger partial charge in [0.15, 0.2) is 11.5 Å². The highest BCUT2D eigenvalue weighted by Gasteiger charge is 2.42. The third-order valence-corrected chi connectivity index (χ3v) is 4.06. The number of piperidine rings is 1. The molecule has 106 valence electrons. The number of hydrogen-bond acceptors (Lipinski definition) is 7. The van der Waals surface area contributed by atoms with E-state index in [9.17, 15) is 5.11 Å². The van der Waals surface area contributed by atoms with Gasteiger partial charge in [0.25, 0.3) is 0 Å². The Morgan fingerprint density at radius 1 is 1.45 bits per heavy atom. The van der Waals surface area contributed by atoms with Crippen molar-refractivity contribution in [2.75, 3.05) is 12.3 Å². The highest BCUT2D eigenvalue weighted by atomic mass is 16.5. The van der Waals surface area contributed by atoms with Gasteiger partial charge in [-0.3, -0.25) is 0 Å². The molecule has 4 N–H and O–H groups in total. The van der Waals surface area contributed by atoms with Gasteiger partial charge in [-0.05, 0) is 6.42 Å². The largest absolute Gasteiger partial charge is 0.390 e. The van der Waals surface area contributed by atoms with Crippen LogP contribution >= 0.6 is 0 Å². The number of morpholine rings is 1. The SMILES string of the molecule is Nc1ncnc2c1ncn2C[C@@H]1N[C@H]2CO[C@@H]1[C@H](O)C2. The summed E-state index contributed by atoms with van der Waals surface area (Å²) in [5.74, 6) is 0.378. The number of nitrogen functional groups attached to an aromatic ring is 1. The van der Waals surface area contributed by atoms with Gasteiger partial charge in [-0.1, -0.05) is 0 Å². The minimum atomic E-state index is -0.408. The van der Waals surface area contributed by atoms with Crippen molar-refractivity contribution in [3.63, 3.8) is 0 Å². The Labute approximate surface area is 115 Å². The number of aromatic nitrogens is 4. The highest BCUT2D eigenvalue weighted by molar-refractivity contribution is 5.81. The van der Waals surface area contributed by atoms with Crippen LogP contribution < -0.4 is 11.1 Å². The molecule has 3 aliphatic heterocycles. The lowest BCUT2D eigenvalue weighted by Crippen LogP contribution is -2.65. The molecule has 0 spiro atoms. The van der Waals surface area contributed by atoms with Crippen molar-refractivity contribution in [2.45, 2.75) is 37.3 Å². The first-order chi connectivity index (χ1) is 9.72. The Balaban J connectivity index is 1.63. The molecule has 3 aliphatic rings. The predicted molar refractivity (Wildman–Crippen MR) is 70.8 cm³/mol. The number of ether oxygens (including phenoxy) is 1. The Kier molecular flexibility index (Phi) is 2.62. The molecule has 0 radical (unpaired) electrons. The summed E-state index contributed by atoms with van der Waals surface area (Å²) in [6.07, 6.45) is 3.29. The lowest BCUT2D eigenvalue weighted by molar-refractivity contribution is -0.141. The van der Waals surface area contributed by atoms with Crippen LogP contribution in [0.1, 0.15) is 6.42 Å². The fourth-order valence-corrected chi connectivity index (χ4v) is 3.13. The number of aliphatic hydroxyl groups excluding tert-OH is 1. The molecule has 3 saturated heterocycles. The van der Waals surface area contributed by atoms with E-state index in [4.69, 9.17) is 10.5 Å². The number of anilines is 1. The minimum Gasteiger partial charge on any atom is -0.390 e. The Hall–Kier alpha value is -1.77. The maximum atomic E-state index is 10.0. The van der Waals surface area contributed by atoms with Crippen LogP contribution in [0.15, 0.2) is 12.7 Å². The van der Waals surface area contributed by atoms with Crippen molar-refractivity contribution in [1.29, 1.82) is 0 Å². The summed E-state index contributed by atoms with van der Waals surface area (Å²) < 4.78 is 7.60. The summed E-state index contributed by atoms with van der Waals surface area (Å²) in [6, 6.07) is 0.264. The first-order valence-electron chi connectivity index (χ1n) is 6.69. The van der Waals surface area contributed by atoms with Gasteiger partial charge in [0.05, 0.1) is 25.1 Å². The molecule has 4 atom stereocenters. The highest BCUT2D eigenvalue weighted by Crippen LogP contribution is 2.26. The third-order valence-electron chi connectivity index (χ3n) is 4.06. The standard InChI is InChI=1S/C12H16N6O2/c13-11-9-12(15-4-14-11)18(5-16-9)2-7-10-8(19)1-6(17-7)3-20-10/h4-8,10,17,19H,1-3H2,(H2,13,14,15)/t6-,7+,8-,10+/m1/s1. The van der Waals surface area contributed by atoms with E-state index in [0.717, 1.165) is 6.42 Å². The van der Waals surface area contributed by atoms with Gasteiger partial charge in [0.2, 0.25) is 0 Å². The maximum absolute atomic E-state index is 10.0. The van der Waals surface area contributed by atoms with E-state index in [-0.39, 0.29) is 18.2 Å². The van der Waals surface area contributed by atoms with Crippen LogP contribution in [0.4, 0.5) is 5.82 Å². The summed E-state index contributed by atoms with van der Waals surface area (Å²) >= 11 is 0. The van der Waals surface area contributed by atoms with Gasteiger partial charge >= 0.3 is 0 Å². The molecule has 3 fully saturated rings. The molecule has 20 heavy (non-hydrogen) atoms. The predicted octanol–water partition coefficient (Wildman–Crippen LogP) is -1.10. The van der Waals surface area contributed by atoms with Gasteiger partial charge in [-0.25, -0.2) is 15.0 Å². The minimum absolute atomic E-state index is 0.0473. The smallest absolute Gasteiger partial charge is 0.165 e. The first-order valence-corrected chi connectivity index (χ1v) is 6.69. The summed E-state index contributed by atoms with van der Waals surface area (Å²) in [5.41, 5.74) is 7.09. The van der Waals surface area contributed by atoms with Crippen molar-refractivity contribution < 1.29 is 9.84 Å². The molecule has 2 aromatic heterocycles. The Morgan fingerprint density at radius 2 is 2.35 bits per heavy atom. The first kappa shape index (κ1) is 12.0. The topological polar surface area (TPSA) is 111 Å². The second-order valence-electron chi connectivity index (χ2n) is 5.40. The molecule has 5 heterocycles. The fraction of sp³-hybridized carbons (Fsp3) is 0.583. The van der Waals surface area contributed by atoms with Crippen LogP contribution in [0, 0.1) is 0 Å². The van der Waals surface area contributed by atoms with E-state index >= 15 is 0 Å². The molecular formula is C12H16N6O2. The molecule has 0 amide bonds. The zero-order valence-electron chi connectivity index (χ0n) is 10.8.